The van der Waals surface area contributed by atoms with Gasteiger partial charge in [-0.05, 0) is 20.8 Å². The van der Waals surface area contributed by atoms with Gasteiger partial charge >= 0.3 is 6.18 Å². The number of hydrogen-bond acceptors (Lipinski definition) is 1. The highest BCUT2D eigenvalue weighted by atomic mass is 79.9. The summed E-state index contributed by atoms with van der Waals surface area (Å²) in [4.78, 5) is 12.2. The molecule has 0 rings (SSSR count). The highest BCUT2D eigenvalue weighted by Gasteiger charge is 2.36. The van der Waals surface area contributed by atoms with Gasteiger partial charge in [-0.2, -0.15) is 13.2 Å². The van der Waals surface area contributed by atoms with Gasteiger partial charge in [-0.3, -0.25) is 4.79 Å². The number of carbonyl (C=O) groups excluding carboxylic acids is 1. The van der Waals surface area contributed by atoms with Gasteiger partial charge in [0.05, 0.1) is 4.32 Å². The van der Waals surface area contributed by atoms with Crippen LogP contribution >= 0.6 is 15.9 Å². The second kappa shape index (κ2) is 4.51. The van der Waals surface area contributed by atoms with Gasteiger partial charge in [0.2, 0.25) is 5.91 Å². The van der Waals surface area contributed by atoms with Gasteiger partial charge in [0.15, 0.2) is 0 Å². The van der Waals surface area contributed by atoms with Crippen molar-refractivity contribution in [2.24, 2.45) is 0 Å². The normalized spacial score (nSPS) is 12.8. The van der Waals surface area contributed by atoms with E-state index in [1.807, 2.05) is 0 Å². The molecule has 14 heavy (non-hydrogen) atoms. The van der Waals surface area contributed by atoms with Crippen LogP contribution < -0.4 is 0 Å². The molecule has 0 radical (unpaired) electrons. The molecule has 0 saturated heterocycles. The molecule has 0 aromatic rings. The van der Waals surface area contributed by atoms with Crippen LogP contribution in [-0.4, -0.2) is 34.4 Å². The molecule has 0 N–H and O–H groups in total. The minimum atomic E-state index is -4.34. The van der Waals surface area contributed by atoms with E-state index in [1.165, 1.54) is 20.8 Å². The molecule has 0 saturated carbocycles. The number of alkyl halides is 4. The summed E-state index contributed by atoms with van der Waals surface area (Å²) in [7, 11) is 0. The lowest BCUT2D eigenvalue weighted by Crippen LogP contribution is -2.45. The molecule has 0 aliphatic heterocycles. The number of hydrogen-bond donors (Lipinski definition) is 0. The molecule has 84 valence electrons. The van der Waals surface area contributed by atoms with Gasteiger partial charge < -0.3 is 4.90 Å². The van der Waals surface area contributed by atoms with Crippen LogP contribution in [0.4, 0.5) is 13.2 Å². The first-order chi connectivity index (χ1) is 6.08. The monoisotopic (exact) mass is 275 g/mol. The molecular formula is C8H13BrF3NO. The minimum Gasteiger partial charge on any atom is -0.333 e. The van der Waals surface area contributed by atoms with E-state index in [-0.39, 0.29) is 6.54 Å². The van der Waals surface area contributed by atoms with Crippen molar-refractivity contribution in [3.05, 3.63) is 0 Å². The molecule has 2 nitrogen and oxygen atoms in total. The van der Waals surface area contributed by atoms with Gasteiger partial charge in [-0.15, -0.1) is 0 Å². The first-order valence-corrected chi connectivity index (χ1v) is 4.92. The zero-order chi connectivity index (χ0) is 11.6. The summed E-state index contributed by atoms with van der Waals surface area (Å²) in [6, 6.07) is 0. The van der Waals surface area contributed by atoms with Gasteiger partial charge in [-0.1, -0.05) is 15.9 Å². The second-order valence-corrected chi connectivity index (χ2v) is 5.39. The smallest absolute Gasteiger partial charge is 0.333 e. The van der Waals surface area contributed by atoms with Crippen molar-refractivity contribution >= 4 is 21.8 Å². The van der Waals surface area contributed by atoms with Crippen LogP contribution in [0.5, 0.6) is 0 Å². The Labute approximate surface area is 89.6 Å². The fourth-order valence-electron chi connectivity index (χ4n) is 0.920. The maximum absolute atomic E-state index is 12.0. The highest BCUT2D eigenvalue weighted by Crippen LogP contribution is 2.23. The zero-order valence-corrected chi connectivity index (χ0v) is 9.87. The molecule has 0 heterocycles. The lowest BCUT2D eigenvalue weighted by molar-refractivity contribution is -0.161. The Morgan fingerprint density at radius 1 is 1.36 bits per heavy atom. The van der Waals surface area contributed by atoms with Crippen molar-refractivity contribution in [3.8, 4) is 0 Å². The number of nitrogens with zero attached hydrogens (tertiary/aromatic N) is 1. The average molecular weight is 276 g/mol. The minimum absolute atomic E-state index is 0.0490. The molecule has 1 amide bonds. The molecule has 0 spiro atoms. The number of carbonyl (C=O) groups is 1. The number of rotatable bonds is 3. The quantitative estimate of drug-likeness (QED) is 0.725. The third kappa shape index (κ3) is 4.83. The van der Waals surface area contributed by atoms with E-state index in [0.29, 0.717) is 0 Å². The van der Waals surface area contributed by atoms with Gasteiger partial charge in [0, 0.05) is 6.54 Å². The Kier molecular flexibility index (Phi) is 4.42. The van der Waals surface area contributed by atoms with Crippen molar-refractivity contribution in [2.75, 3.05) is 13.1 Å². The lowest BCUT2D eigenvalue weighted by Gasteiger charge is -2.27. The Morgan fingerprint density at radius 2 is 1.79 bits per heavy atom. The molecule has 0 atom stereocenters. The summed E-state index contributed by atoms with van der Waals surface area (Å²) in [5.74, 6) is -0.558. The van der Waals surface area contributed by atoms with E-state index >= 15 is 0 Å². The fourth-order valence-corrected chi connectivity index (χ4v) is 1.17. The Bertz CT molecular complexity index is 210. The van der Waals surface area contributed by atoms with Crippen molar-refractivity contribution in [1.82, 2.24) is 4.90 Å². The van der Waals surface area contributed by atoms with E-state index in [1.54, 1.807) is 0 Å². The molecule has 0 aromatic carbocycles. The van der Waals surface area contributed by atoms with E-state index in [2.05, 4.69) is 15.9 Å². The van der Waals surface area contributed by atoms with E-state index in [9.17, 15) is 18.0 Å². The molecule has 0 bridgehead atoms. The predicted molar refractivity (Wildman–Crippen MR) is 51.3 cm³/mol. The highest BCUT2D eigenvalue weighted by molar-refractivity contribution is 9.10. The molecule has 0 aromatic heterocycles. The van der Waals surface area contributed by atoms with Gasteiger partial charge in [0.1, 0.15) is 6.54 Å². The standard InChI is InChI=1S/C8H13BrF3NO/c1-4-13(5-8(10,11)12)6(14)7(2,3)9/h4-5H2,1-3H3. The van der Waals surface area contributed by atoms with Crippen molar-refractivity contribution in [3.63, 3.8) is 0 Å². The predicted octanol–water partition coefficient (Wildman–Crippen LogP) is 2.57. The third-order valence-corrected chi connectivity index (χ3v) is 1.89. The Hall–Kier alpha value is -0.260. The zero-order valence-electron chi connectivity index (χ0n) is 8.28. The van der Waals surface area contributed by atoms with Gasteiger partial charge in [-0.25, -0.2) is 0 Å². The second-order valence-electron chi connectivity index (χ2n) is 3.41. The van der Waals surface area contributed by atoms with Gasteiger partial charge in [0.25, 0.3) is 0 Å². The van der Waals surface area contributed by atoms with E-state index < -0.39 is 23.0 Å². The molecular weight excluding hydrogens is 263 g/mol. The van der Waals surface area contributed by atoms with Crippen molar-refractivity contribution in [2.45, 2.75) is 31.3 Å². The van der Waals surface area contributed by atoms with Crippen LogP contribution in [0.1, 0.15) is 20.8 Å². The van der Waals surface area contributed by atoms with Crippen LogP contribution in [0, 0.1) is 0 Å². The lowest BCUT2D eigenvalue weighted by atomic mass is 10.2. The topological polar surface area (TPSA) is 20.3 Å². The maximum atomic E-state index is 12.0. The molecule has 0 unspecified atom stereocenters. The molecule has 0 aliphatic carbocycles. The number of halogens is 4. The molecule has 6 heteroatoms. The Balaban J connectivity index is 4.51. The third-order valence-electron chi connectivity index (χ3n) is 1.55. The average Bonchev–Trinajstić information content (AvgIpc) is 1.95. The van der Waals surface area contributed by atoms with E-state index in [4.69, 9.17) is 0 Å². The van der Waals surface area contributed by atoms with Crippen LogP contribution in [0.3, 0.4) is 0 Å². The molecule has 0 fully saturated rings. The fraction of sp³-hybridized carbons (Fsp3) is 0.875. The van der Waals surface area contributed by atoms with Crippen LogP contribution in [0.15, 0.2) is 0 Å². The number of amides is 1. The summed E-state index contributed by atoms with van der Waals surface area (Å²) in [6.07, 6.45) is -4.34. The summed E-state index contributed by atoms with van der Waals surface area (Å²) < 4.78 is 35.1. The van der Waals surface area contributed by atoms with Crippen LogP contribution in [0.25, 0.3) is 0 Å². The maximum Gasteiger partial charge on any atom is 0.406 e. The first kappa shape index (κ1) is 13.7. The van der Waals surface area contributed by atoms with Crippen LogP contribution in [0.2, 0.25) is 0 Å². The summed E-state index contributed by atoms with van der Waals surface area (Å²) in [6.45, 7) is 3.41. The van der Waals surface area contributed by atoms with Crippen molar-refractivity contribution in [1.29, 1.82) is 0 Å². The summed E-state index contributed by atoms with van der Waals surface area (Å²) >= 11 is 3.03. The summed E-state index contributed by atoms with van der Waals surface area (Å²) in [5.41, 5.74) is 0. The summed E-state index contributed by atoms with van der Waals surface area (Å²) in [5, 5.41) is 0. The van der Waals surface area contributed by atoms with Crippen LogP contribution in [-0.2, 0) is 4.79 Å². The molecule has 0 aliphatic rings. The first-order valence-electron chi connectivity index (χ1n) is 4.13. The van der Waals surface area contributed by atoms with E-state index in [0.717, 1.165) is 4.90 Å². The SMILES string of the molecule is CCN(CC(F)(F)F)C(=O)C(C)(C)Br. The van der Waals surface area contributed by atoms with Crippen molar-refractivity contribution < 1.29 is 18.0 Å². The largest absolute Gasteiger partial charge is 0.406 e. The Morgan fingerprint density at radius 3 is 2.00 bits per heavy atom.